The first kappa shape index (κ1) is 24.5. The molecule has 1 unspecified atom stereocenters. The minimum absolute atomic E-state index is 0.0148. The first-order valence-electron chi connectivity index (χ1n) is 12.8. The van der Waals surface area contributed by atoms with Crippen LogP contribution in [0.25, 0.3) is 0 Å². The van der Waals surface area contributed by atoms with Crippen LogP contribution < -0.4 is 14.7 Å². The Labute approximate surface area is 212 Å². The van der Waals surface area contributed by atoms with Gasteiger partial charge in [0.25, 0.3) is 0 Å². The highest BCUT2D eigenvalue weighted by molar-refractivity contribution is 6.00. The molecule has 4 heterocycles. The summed E-state index contributed by atoms with van der Waals surface area (Å²) >= 11 is 0. The van der Waals surface area contributed by atoms with Crippen LogP contribution in [0, 0.1) is 12.8 Å². The van der Waals surface area contributed by atoms with Crippen molar-refractivity contribution in [3.63, 3.8) is 0 Å². The number of piperazine rings is 2. The Morgan fingerprint density at radius 3 is 2.03 bits per heavy atom. The van der Waals surface area contributed by atoms with E-state index in [4.69, 9.17) is 5.11 Å². The summed E-state index contributed by atoms with van der Waals surface area (Å²) < 4.78 is 0. The van der Waals surface area contributed by atoms with E-state index in [1.54, 1.807) is 4.90 Å². The molecule has 1 atom stereocenters. The van der Waals surface area contributed by atoms with Crippen molar-refractivity contribution in [3.05, 3.63) is 42.0 Å². The van der Waals surface area contributed by atoms with Gasteiger partial charge in [0.2, 0.25) is 11.8 Å². The molecular formula is C26H35N7O3. The Morgan fingerprint density at radius 2 is 1.47 bits per heavy atom. The van der Waals surface area contributed by atoms with Crippen molar-refractivity contribution < 1.29 is 14.7 Å². The van der Waals surface area contributed by atoms with Gasteiger partial charge in [-0.2, -0.15) is 0 Å². The molecule has 0 spiro atoms. The van der Waals surface area contributed by atoms with Crippen molar-refractivity contribution in [3.8, 4) is 0 Å². The molecule has 3 saturated heterocycles. The zero-order chi connectivity index (χ0) is 25.1. The highest BCUT2D eigenvalue weighted by Crippen LogP contribution is 2.27. The maximum atomic E-state index is 13.2. The van der Waals surface area contributed by atoms with Crippen LogP contribution in [0.4, 0.5) is 17.3 Å². The fourth-order valence-electron chi connectivity index (χ4n) is 5.26. The Bertz CT molecular complexity index is 1050. The normalized spacial score (nSPS) is 21.4. The van der Waals surface area contributed by atoms with Gasteiger partial charge in [0.05, 0.1) is 12.5 Å². The summed E-state index contributed by atoms with van der Waals surface area (Å²) in [5.41, 5.74) is 2.01. The first-order chi connectivity index (χ1) is 17.5. The number of carbonyl (C=O) groups excluding carboxylic acids is 2. The highest BCUT2D eigenvalue weighted by Gasteiger charge is 2.38. The molecule has 36 heavy (non-hydrogen) atoms. The topological polar surface area (TPSA) is 96.4 Å². The quantitative estimate of drug-likeness (QED) is 0.625. The van der Waals surface area contributed by atoms with Crippen LogP contribution in [-0.4, -0.2) is 109 Å². The number of amides is 2. The summed E-state index contributed by atoms with van der Waals surface area (Å²) in [7, 11) is 0. The zero-order valence-corrected chi connectivity index (χ0v) is 20.9. The molecule has 0 radical (unpaired) electrons. The number of β-amino-alcohol motifs (C(OH)–C–C–N with tert-alkyl or cyclic N) is 1. The number of rotatable bonds is 6. The van der Waals surface area contributed by atoms with E-state index in [0.29, 0.717) is 32.7 Å². The maximum absolute atomic E-state index is 13.2. The molecule has 3 fully saturated rings. The van der Waals surface area contributed by atoms with Gasteiger partial charge in [0, 0.05) is 77.6 Å². The zero-order valence-electron chi connectivity index (χ0n) is 20.9. The van der Waals surface area contributed by atoms with E-state index < -0.39 is 0 Å². The van der Waals surface area contributed by atoms with Gasteiger partial charge in [-0.25, -0.2) is 0 Å². The number of aliphatic hydroxyl groups excluding tert-OH is 1. The molecule has 0 saturated carbocycles. The molecule has 2 amide bonds. The number of carbonyl (C=O) groups is 2. The number of benzene rings is 1. The molecule has 2 aromatic rings. The Balaban J connectivity index is 1.12. The van der Waals surface area contributed by atoms with Gasteiger partial charge in [-0.3, -0.25) is 14.5 Å². The standard InChI is InChI=1S/C26H35N7O3/c1-20-2-4-22(5-3-20)33-19-21(18-25(33)35)26(36)32-14-12-31(13-15-32)24-7-6-23(27-28-24)30-10-8-29(9-11-30)16-17-34/h2-7,21,34H,8-19H2,1H3. The summed E-state index contributed by atoms with van der Waals surface area (Å²) in [6.07, 6.45) is 0.272. The van der Waals surface area contributed by atoms with E-state index in [0.717, 1.165) is 55.6 Å². The molecule has 10 heteroatoms. The molecule has 3 aliphatic rings. The monoisotopic (exact) mass is 493 g/mol. The summed E-state index contributed by atoms with van der Waals surface area (Å²) in [5.74, 6) is 1.49. The third kappa shape index (κ3) is 5.29. The molecule has 1 N–H and O–H groups in total. The van der Waals surface area contributed by atoms with E-state index in [-0.39, 0.29) is 30.8 Å². The van der Waals surface area contributed by atoms with Crippen LogP contribution in [-0.2, 0) is 9.59 Å². The van der Waals surface area contributed by atoms with Crippen LogP contribution in [0.1, 0.15) is 12.0 Å². The highest BCUT2D eigenvalue weighted by atomic mass is 16.3. The lowest BCUT2D eigenvalue weighted by molar-refractivity contribution is -0.136. The lowest BCUT2D eigenvalue weighted by Crippen LogP contribution is -2.51. The number of nitrogens with zero attached hydrogens (tertiary/aromatic N) is 7. The number of aliphatic hydroxyl groups is 1. The van der Waals surface area contributed by atoms with E-state index in [1.165, 1.54) is 0 Å². The van der Waals surface area contributed by atoms with Crippen molar-refractivity contribution >= 4 is 29.1 Å². The van der Waals surface area contributed by atoms with E-state index in [9.17, 15) is 9.59 Å². The fourth-order valence-corrected chi connectivity index (χ4v) is 5.26. The number of hydrogen-bond donors (Lipinski definition) is 1. The lowest BCUT2D eigenvalue weighted by atomic mass is 10.1. The molecule has 0 bridgehead atoms. The third-order valence-electron chi connectivity index (χ3n) is 7.48. The van der Waals surface area contributed by atoms with Crippen molar-refractivity contribution in [2.24, 2.45) is 5.92 Å². The molecule has 1 aromatic carbocycles. The maximum Gasteiger partial charge on any atom is 0.228 e. The molecule has 10 nitrogen and oxygen atoms in total. The second-order valence-corrected chi connectivity index (χ2v) is 9.86. The number of aromatic nitrogens is 2. The second-order valence-electron chi connectivity index (χ2n) is 9.86. The van der Waals surface area contributed by atoms with Crippen LogP contribution in [0.2, 0.25) is 0 Å². The summed E-state index contributed by atoms with van der Waals surface area (Å²) in [6, 6.07) is 11.9. The molecule has 1 aromatic heterocycles. The minimum atomic E-state index is -0.290. The van der Waals surface area contributed by atoms with E-state index in [1.807, 2.05) is 48.2 Å². The largest absolute Gasteiger partial charge is 0.395 e. The predicted octanol–water partition coefficient (Wildman–Crippen LogP) is 0.601. The Hall–Kier alpha value is -3.24. The average Bonchev–Trinajstić information content (AvgIpc) is 3.31. The number of hydrogen-bond acceptors (Lipinski definition) is 8. The molecule has 3 aliphatic heterocycles. The van der Waals surface area contributed by atoms with Gasteiger partial charge in [-0.05, 0) is 31.2 Å². The van der Waals surface area contributed by atoms with Crippen LogP contribution >= 0.6 is 0 Å². The van der Waals surface area contributed by atoms with Crippen molar-refractivity contribution in [1.29, 1.82) is 0 Å². The molecule has 0 aliphatic carbocycles. The summed E-state index contributed by atoms with van der Waals surface area (Å²) in [6.45, 7) is 9.57. The fraction of sp³-hybridized carbons (Fsp3) is 0.538. The molecule has 192 valence electrons. The van der Waals surface area contributed by atoms with E-state index in [2.05, 4.69) is 24.9 Å². The van der Waals surface area contributed by atoms with Gasteiger partial charge in [0.15, 0.2) is 11.6 Å². The number of aryl methyl sites for hydroxylation is 1. The lowest BCUT2D eigenvalue weighted by Gasteiger charge is -2.37. The average molecular weight is 494 g/mol. The Kier molecular flexibility index (Phi) is 7.33. The van der Waals surface area contributed by atoms with Gasteiger partial charge in [-0.15, -0.1) is 10.2 Å². The van der Waals surface area contributed by atoms with Gasteiger partial charge in [0.1, 0.15) is 0 Å². The van der Waals surface area contributed by atoms with Crippen LogP contribution in [0.15, 0.2) is 36.4 Å². The minimum Gasteiger partial charge on any atom is -0.395 e. The number of anilines is 3. The molecule has 5 rings (SSSR count). The second kappa shape index (κ2) is 10.8. The van der Waals surface area contributed by atoms with Crippen molar-refractivity contribution in [2.75, 3.05) is 86.8 Å². The smallest absolute Gasteiger partial charge is 0.228 e. The first-order valence-corrected chi connectivity index (χ1v) is 12.8. The van der Waals surface area contributed by atoms with E-state index >= 15 is 0 Å². The van der Waals surface area contributed by atoms with Crippen LogP contribution in [0.3, 0.4) is 0 Å². The van der Waals surface area contributed by atoms with Crippen molar-refractivity contribution in [1.82, 2.24) is 20.0 Å². The predicted molar refractivity (Wildman–Crippen MR) is 138 cm³/mol. The van der Waals surface area contributed by atoms with Crippen LogP contribution in [0.5, 0.6) is 0 Å². The summed E-state index contributed by atoms with van der Waals surface area (Å²) in [5, 5.41) is 18.0. The SMILES string of the molecule is Cc1ccc(N2CC(C(=O)N3CCN(c4ccc(N5CCN(CCO)CC5)nn4)CC3)CC2=O)cc1. The van der Waals surface area contributed by atoms with Gasteiger partial charge >= 0.3 is 0 Å². The third-order valence-corrected chi connectivity index (χ3v) is 7.48. The molecular weight excluding hydrogens is 458 g/mol. The summed E-state index contributed by atoms with van der Waals surface area (Å²) in [4.78, 5) is 36.0. The Morgan fingerprint density at radius 1 is 0.889 bits per heavy atom. The van der Waals surface area contributed by atoms with Gasteiger partial charge < -0.3 is 24.7 Å². The van der Waals surface area contributed by atoms with Gasteiger partial charge in [-0.1, -0.05) is 17.7 Å². The van der Waals surface area contributed by atoms with Crippen molar-refractivity contribution in [2.45, 2.75) is 13.3 Å².